The molecule has 0 saturated carbocycles. The number of rotatable bonds is 7. The first-order valence-corrected chi connectivity index (χ1v) is 8.03. The zero-order chi connectivity index (χ0) is 17.0. The first kappa shape index (κ1) is 16.9. The van der Waals surface area contributed by atoms with Crippen LogP contribution in [-0.2, 0) is 34.8 Å². The molecule has 124 valence electrons. The predicted molar refractivity (Wildman–Crippen MR) is 79.4 cm³/mol. The molecule has 0 unspecified atom stereocenters. The Bertz CT molecular complexity index is 816. The van der Waals surface area contributed by atoms with Crippen LogP contribution in [0.15, 0.2) is 29.3 Å². The monoisotopic (exact) mass is 340 g/mol. The van der Waals surface area contributed by atoms with Crippen molar-refractivity contribution in [2.24, 2.45) is 7.05 Å². The molecule has 0 saturated heterocycles. The highest BCUT2D eigenvalue weighted by molar-refractivity contribution is 7.89. The molecular weight excluding hydrogens is 324 g/mol. The number of carboxylic acids is 1. The van der Waals surface area contributed by atoms with Gasteiger partial charge in [0.25, 0.3) is 0 Å². The lowest BCUT2D eigenvalue weighted by molar-refractivity contribution is -0.136. The highest BCUT2D eigenvalue weighted by Gasteiger charge is 2.21. The van der Waals surface area contributed by atoms with E-state index in [0.29, 0.717) is 11.3 Å². The molecule has 1 aromatic carbocycles. The van der Waals surface area contributed by atoms with Gasteiger partial charge in [-0.2, -0.15) is 0 Å². The van der Waals surface area contributed by atoms with Crippen LogP contribution in [0.3, 0.4) is 0 Å². The van der Waals surface area contributed by atoms with E-state index >= 15 is 0 Å². The Balaban J connectivity index is 2.29. The molecule has 0 aliphatic carbocycles. The van der Waals surface area contributed by atoms with E-state index in [1.165, 1.54) is 36.2 Å². The number of aromatic nitrogens is 3. The lowest BCUT2D eigenvalue weighted by atomic mass is 10.1. The molecule has 10 heteroatoms. The number of aryl methyl sites for hydroxylation is 1. The molecule has 0 spiro atoms. The summed E-state index contributed by atoms with van der Waals surface area (Å²) in [6.45, 7) is -0.00184. The fourth-order valence-corrected chi connectivity index (χ4v) is 3.15. The molecule has 0 amide bonds. The molecule has 0 aliphatic rings. The number of hydrogen-bond donors (Lipinski definition) is 2. The van der Waals surface area contributed by atoms with Gasteiger partial charge in [-0.05, 0) is 17.7 Å². The highest BCUT2D eigenvalue weighted by Crippen LogP contribution is 2.25. The van der Waals surface area contributed by atoms with Crippen LogP contribution in [-0.4, -0.2) is 41.6 Å². The maximum Gasteiger partial charge on any atom is 0.307 e. The highest BCUT2D eigenvalue weighted by atomic mass is 32.2. The molecule has 2 N–H and O–H groups in total. The Hall–Kier alpha value is -2.46. The van der Waals surface area contributed by atoms with Crippen LogP contribution < -0.4 is 9.46 Å². The third kappa shape index (κ3) is 4.05. The third-order valence-corrected chi connectivity index (χ3v) is 4.55. The number of carbonyl (C=O) groups is 1. The molecular formula is C13H16N4O5S. The van der Waals surface area contributed by atoms with Gasteiger partial charge in [-0.15, -0.1) is 5.10 Å². The molecule has 1 aromatic heterocycles. The maximum absolute atomic E-state index is 12.5. The van der Waals surface area contributed by atoms with Gasteiger partial charge < -0.3 is 9.84 Å². The van der Waals surface area contributed by atoms with Gasteiger partial charge in [-0.3, -0.25) is 9.48 Å². The van der Waals surface area contributed by atoms with Gasteiger partial charge in [0.15, 0.2) is 0 Å². The third-order valence-electron chi connectivity index (χ3n) is 3.12. The Morgan fingerprint density at radius 3 is 2.74 bits per heavy atom. The van der Waals surface area contributed by atoms with Crippen molar-refractivity contribution in [3.63, 3.8) is 0 Å². The fraction of sp³-hybridized carbons (Fsp3) is 0.308. The maximum atomic E-state index is 12.5. The Morgan fingerprint density at radius 2 is 2.17 bits per heavy atom. The molecule has 0 bridgehead atoms. The minimum Gasteiger partial charge on any atom is -0.495 e. The molecule has 0 atom stereocenters. The Labute approximate surface area is 132 Å². The van der Waals surface area contributed by atoms with E-state index in [2.05, 4.69) is 15.0 Å². The van der Waals surface area contributed by atoms with E-state index in [9.17, 15) is 13.2 Å². The van der Waals surface area contributed by atoms with Crippen molar-refractivity contribution < 1.29 is 23.1 Å². The first-order chi connectivity index (χ1) is 10.8. The summed E-state index contributed by atoms with van der Waals surface area (Å²) in [7, 11) is -0.904. The number of benzene rings is 1. The first-order valence-electron chi connectivity index (χ1n) is 6.55. The number of aliphatic carboxylic acids is 1. The molecule has 1 heterocycles. The van der Waals surface area contributed by atoms with Crippen molar-refractivity contribution in [1.82, 2.24) is 19.7 Å². The SMILES string of the molecule is COc1ccc(CC(=O)O)cc1S(=O)(=O)NCc1cnnn1C. The molecule has 9 nitrogen and oxygen atoms in total. The molecule has 0 aliphatic heterocycles. The summed E-state index contributed by atoms with van der Waals surface area (Å²) in [6, 6.07) is 4.23. The lowest BCUT2D eigenvalue weighted by Gasteiger charge is -2.12. The quantitative estimate of drug-likeness (QED) is 0.723. The molecule has 23 heavy (non-hydrogen) atoms. The second-order valence-corrected chi connectivity index (χ2v) is 6.46. The zero-order valence-corrected chi connectivity index (χ0v) is 13.4. The largest absolute Gasteiger partial charge is 0.495 e. The number of hydrogen-bond acceptors (Lipinski definition) is 6. The minimum absolute atomic E-state index is 0.00184. The van der Waals surface area contributed by atoms with E-state index in [4.69, 9.17) is 9.84 Å². The van der Waals surface area contributed by atoms with E-state index < -0.39 is 16.0 Å². The van der Waals surface area contributed by atoms with Crippen molar-refractivity contribution in [1.29, 1.82) is 0 Å². The van der Waals surface area contributed by atoms with Crippen molar-refractivity contribution in [2.75, 3.05) is 7.11 Å². The van der Waals surface area contributed by atoms with E-state index in [1.54, 1.807) is 7.05 Å². The Kier molecular flexibility index (Phi) is 4.96. The standard InChI is InChI=1S/C13H16N4O5S/c1-17-10(7-14-16-17)8-15-23(20,21)12-5-9(6-13(18)19)3-4-11(12)22-2/h3-5,7,15H,6,8H2,1-2H3,(H,18,19). The van der Waals surface area contributed by atoms with Crippen molar-refractivity contribution in [3.05, 3.63) is 35.7 Å². The average Bonchev–Trinajstić information content (AvgIpc) is 2.90. The number of nitrogens with one attached hydrogen (secondary N) is 1. The number of carboxylic acid groups (broad SMARTS) is 1. The number of ether oxygens (including phenoxy) is 1. The summed E-state index contributed by atoms with van der Waals surface area (Å²) in [6.07, 6.45) is 1.17. The summed E-state index contributed by atoms with van der Waals surface area (Å²) in [5, 5.41) is 16.2. The summed E-state index contributed by atoms with van der Waals surface area (Å²) in [5.74, 6) is -0.915. The van der Waals surface area contributed by atoms with Gasteiger partial charge in [0.1, 0.15) is 10.6 Å². The molecule has 2 aromatic rings. The van der Waals surface area contributed by atoms with Crippen molar-refractivity contribution in [2.45, 2.75) is 17.9 Å². The van der Waals surface area contributed by atoms with E-state index in [1.807, 2.05) is 0 Å². The van der Waals surface area contributed by atoms with Gasteiger partial charge in [-0.1, -0.05) is 11.3 Å². The van der Waals surface area contributed by atoms with Gasteiger partial charge >= 0.3 is 5.97 Å². The van der Waals surface area contributed by atoms with Crippen LogP contribution in [0.4, 0.5) is 0 Å². The van der Waals surface area contributed by atoms with Gasteiger partial charge in [0, 0.05) is 7.05 Å². The van der Waals surface area contributed by atoms with Crippen LogP contribution in [0.5, 0.6) is 5.75 Å². The summed E-state index contributed by atoms with van der Waals surface area (Å²) < 4.78 is 33.9. The second-order valence-electron chi connectivity index (χ2n) is 4.73. The van der Waals surface area contributed by atoms with Gasteiger partial charge in [0.05, 0.1) is 32.0 Å². The number of sulfonamides is 1. The lowest BCUT2D eigenvalue weighted by Crippen LogP contribution is -2.25. The summed E-state index contributed by atoms with van der Waals surface area (Å²) in [5.41, 5.74) is 0.940. The topological polar surface area (TPSA) is 123 Å². The van der Waals surface area contributed by atoms with Crippen LogP contribution >= 0.6 is 0 Å². The van der Waals surface area contributed by atoms with Crippen LogP contribution in [0.1, 0.15) is 11.3 Å². The smallest absolute Gasteiger partial charge is 0.307 e. The fourth-order valence-electron chi connectivity index (χ4n) is 1.93. The summed E-state index contributed by atoms with van der Waals surface area (Å²) in [4.78, 5) is 10.7. The van der Waals surface area contributed by atoms with Gasteiger partial charge in [0.2, 0.25) is 10.0 Å². The number of nitrogens with zero attached hydrogens (tertiary/aromatic N) is 3. The zero-order valence-electron chi connectivity index (χ0n) is 12.6. The van der Waals surface area contributed by atoms with Crippen molar-refractivity contribution in [3.8, 4) is 5.75 Å². The predicted octanol–water partition coefficient (Wildman–Crippen LogP) is -0.0707. The van der Waals surface area contributed by atoms with Gasteiger partial charge in [-0.25, -0.2) is 13.1 Å². The molecule has 0 radical (unpaired) electrons. The van der Waals surface area contributed by atoms with E-state index in [-0.39, 0.29) is 23.6 Å². The molecule has 0 fully saturated rings. The van der Waals surface area contributed by atoms with Crippen LogP contribution in [0.25, 0.3) is 0 Å². The van der Waals surface area contributed by atoms with E-state index in [0.717, 1.165) is 0 Å². The van der Waals surface area contributed by atoms with Crippen molar-refractivity contribution >= 4 is 16.0 Å². The second kappa shape index (κ2) is 6.75. The minimum atomic E-state index is -3.89. The van der Waals surface area contributed by atoms with Crippen LogP contribution in [0, 0.1) is 0 Å². The number of methoxy groups -OCH3 is 1. The average molecular weight is 340 g/mol. The van der Waals surface area contributed by atoms with Crippen LogP contribution in [0.2, 0.25) is 0 Å². The normalized spacial score (nSPS) is 11.4. The molecule has 2 rings (SSSR count). The Morgan fingerprint density at radius 1 is 1.43 bits per heavy atom. The summed E-state index contributed by atoms with van der Waals surface area (Å²) >= 11 is 0.